The monoisotopic (exact) mass is 278 g/mol. The maximum atomic E-state index is 11.0. The summed E-state index contributed by atoms with van der Waals surface area (Å²) >= 11 is 0. The Balaban J connectivity index is 2.23. The number of nitrogens with zero attached hydrogens (tertiary/aromatic N) is 2. The zero-order chi connectivity index (χ0) is 14.8. The van der Waals surface area contributed by atoms with Crippen LogP contribution in [0.4, 0.5) is 0 Å². The van der Waals surface area contributed by atoms with Gasteiger partial charge in [-0.05, 0) is 24.6 Å². The van der Waals surface area contributed by atoms with E-state index in [0.717, 1.165) is 23.4 Å². The number of carboxylic acid groups (broad SMARTS) is 1. The number of carbonyl (C=O) groups is 1. The summed E-state index contributed by atoms with van der Waals surface area (Å²) in [5, 5.41) is 9.06. The topological polar surface area (TPSA) is 63.1 Å². The average molecular weight is 278 g/mol. The maximum absolute atomic E-state index is 11.0. The molecule has 4 nitrogen and oxygen atoms in total. The van der Waals surface area contributed by atoms with Crippen LogP contribution in [0.25, 0.3) is 22.3 Å². The van der Waals surface area contributed by atoms with Crippen molar-refractivity contribution in [2.45, 2.75) is 13.3 Å². The molecule has 0 aliphatic carbocycles. The van der Waals surface area contributed by atoms with Gasteiger partial charge in [-0.15, -0.1) is 0 Å². The summed E-state index contributed by atoms with van der Waals surface area (Å²) in [5.74, 6) is -0.955. The van der Waals surface area contributed by atoms with Gasteiger partial charge in [0.1, 0.15) is 0 Å². The molecule has 0 spiro atoms. The van der Waals surface area contributed by atoms with Crippen molar-refractivity contribution in [3.63, 3.8) is 0 Å². The van der Waals surface area contributed by atoms with Crippen LogP contribution in [0, 0.1) is 0 Å². The van der Waals surface area contributed by atoms with Crippen LogP contribution in [-0.4, -0.2) is 21.0 Å². The molecular formula is C17H14N2O2. The van der Waals surface area contributed by atoms with Gasteiger partial charge in [0.25, 0.3) is 0 Å². The second kappa shape index (κ2) is 5.32. The van der Waals surface area contributed by atoms with Crippen LogP contribution in [0.1, 0.15) is 23.0 Å². The molecule has 1 heterocycles. The molecule has 0 aliphatic heterocycles. The van der Waals surface area contributed by atoms with Gasteiger partial charge >= 0.3 is 5.97 Å². The number of hydrogen-bond acceptors (Lipinski definition) is 3. The number of hydrogen-bond donors (Lipinski definition) is 1. The van der Waals surface area contributed by atoms with Gasteiger partial charge in [-0.1, -0.05) is 37.3 Å². The molecule has 0 amide bonds. The first kappa shape index (κ1) is 13.2. The van der Waals surface area contributed by atoms with Crippen LogP contribution < -0.4 is 0 Å². The fourth-order valence-corrected chi connectivity index (χ4v) is 2.30. The summed E-state index contributed by atoms with van der Waals surface area (Å²) in [7, 11) is 0. The minimum absolute atomic E-state index is 0.228. The van der Waals surface area contributed by atoms with Crippen molar-refractivity contribution in [1.29, 1.82) is 0 Å². The minimum atomic E-state index is -0.955. The second-order valence-corrected chi connectivity index (χ2v) is 4.75. The molecule has 3 rings (SSSR count). The molecule has 0 saturated heterocycles. The average Bonchev–Trinajstić information content (AvgIpc) is 2.53. The number of benzene rings is 2. The Hall–Kier alpha value is -2.75. The number of rotatable bonds is 3. The molecule has 0 radical (unpaired) electrons. The van der Waals surface area contributed by atoms with Crippen molar-refractivity contribution in [1.82, 2.24) is 9.97 Å². The van der Waals surface area contributed by atoms with Crippen LogP contribution in [0.15, 0.2) is 48.5 Å². The van der Waals surface area contributed by atoms with Crippen molar-refractivity contribution in [2.24, 2.45) is 0 Å². The first-order valence-electron chi connectivity index (χ1n) is 6.78. The van der Waals surface area contributed by atoms with E-state index in [2.05, 4.69) is 9.97 Å². The molecule has 0 unspecified atom stereocenters. The number of aromatic carboxylic acids is 1. The van der Waals surface area contributed by atoms with E-state index in [-0.39, 0.29) is 5.56 Å². The standard InChI is InChI=1S/C17H14N2O2/c1-2-13-16(11-6-4-3-5-7-11)19-14-9-8-12(17(20)21)10-15(14)18-13/h3-10H,2H2,1H3,(H,20,21). The van der Waals surface area contributed by atoms with Gasteiger partial charge in [-0.3, -0.25) is 0 Å². The van der Waals surface area contributed by atoms with Crippen LogP contribution in [0.3, 0.4) is 0 Å². The van der Waals surface area contributed by atoms with Crippen LogP contribution in [0.2, 0.25) is 0 Å². The summed E-state index contributed by atoms with van der Waals surface area (Å²) in [5.41, 5.74) is 4.30. The molecule has 4 heteroatoms. The van der Waals surface area contributed by atoms with Gasteiger partial charge in [-0.2, -0.15) is 0 Å². The first-order valence-corrected chi connectivity index (χ1v) is 6.78. The molecular weight excluding hydrogens is 264 g/mol. The Bertz CT molecular complexity index is 814. The Morgan fingerprint density at radius 2 is 1.81 bits per heavy atom. The highest BCUT2D eigenvalue weighted by molar-refractivity contribution is 5.92. The third-order valence-electron chi connectivity index (χ3n) is 3.37. The van der Waals surface area contributed by atoms with Crippen molar-refractivity contribution in [3.8, 4) is 11.3 Å². The normalized spacial score (nSPS) is 10.7. The number of fused-ring (bicyclic) bond motifs is 1. The van der Waals surface area contributed by atoms with Crippen molar-refractivity contribution >= 4 is 17.0 Å². The third-order valence-corrected chi connectivity index (χ3v) is 3.37. The lowest BCUT2D eigenvalue weighted by molar-refractivity contribution is 0.0697. The predicted molar refractivity (Wildman–Crippen MR) is 81.3 cm³/mol. The van der Waals surface area contributed by atoms with E-state index < -0.39 is 5.97 Å². The molecule has 1 aromatic heterocycles. The summed E-state index contributed by atoms with van der Waals surface area (Å²) in [6, 6.07) is 14.7. The van der Waals surface area contributed by atoms with Crippen molar-refractivity contribution < 1.29 is 9.90 Å². The molecule has 0 aliphatic rings. The molecule has 0 atom stereocenters. The number of carboxylic acids is 1. The number of aromatic nitrogens is 2. The van der Waals surface area contributed by atoms with Crippen LogP contribution in [-0.2, 0) is 6.42 Å². The lowest BCUT2D eigenvalue weighted by Crippen LogP contribution is -2.00. The Morgan fingerprint density at radius 1 is 1.05 bits per heavy atom. The molecule has 0 saturated carbocycles. The second-order valence-electron chi connectivity index (χ2n) is 4.75. The van der Waals surface area contributed by atoms with Gasteiger partial charge in [0.15, 0.2) is 0 Å². The summed E-state index contributed by atoms with van der Waals surface area (Å²) in [6.45, 7) is 2.02. The summed E-state index contributed by atoms with van der Waals surface area (Å²) < 4.78 is 0. The van der Waals surface area contributed by atoms with E-state index in [9.17, 15) is 4.79 Å². The molecule has 2 aromatic carbocycles. The Morgan fingerprint density at radius 3 is 2.48 bits per heavy atom. The quantitative estimate of drug-likeness (QED) is 0.795. The van der Waals surface area contributed by atoms with E-state index in [1.807, 2.05) is 37.3 Å². The molecule has 104 valence electrons. The minimum Gasteiger partial charge on any atom is -0.478 e. The summed E-state index contributed by atoms with van der Waals surface area (Å²) in [6.07, 6.45) is 0.741. The molecule has 0 fully saturated rings. The number of aryl methyl sites for hydroxylation is 1. The van der Waals surface area contributed by atoms with Crippen molar-refractivity contribution in [3.05, 3.63) is 59.8 Å². The maximum Gasteiger partial charge on any atom is 0.335 e. The highest BCUT2D eigenvalue weighted by Gasteiger charge is 2.11. The van der Waals surface area contributed by atoms with Gasteiger partial charge in [0.05, 0.1) is 28.0 Å². The third kappa shape index (κ3) is 2.48. The van der Waals surface area contributed by atoms with E-state index in [4.69, 9.17) is 5.11 Å². The SMILES string of the molecule is CCc1nc2cc(C(=O)O)ccc2nc1-c1ccccc1. The van der Waals surface area contributed by atoms with Gasteiger partial charge in [0.2, 0.25) is 0 Å². The molecule has 3 aromatic rings. The predicted octanol–water partition coefficient (Wildman–Crippen LogP) is 3.56. The van der Waals surface area contributed by atoms with Crippen LogP contribution in [0.5, 0.6) is 0 Å². The van der Waals surface area contributed by atoms with E-state index in [0.29, 0.717) is 11.0 Å². The Kier molecular flexibility index (Phi) is 3.36. The van der Waals surface area contributed by atoms with Gasteiger partial charge in [0, 0.05) is 5.56 Å². The molecule has 21 heavy (non-hydrogen) atoms. The largest absolute Gasteiger partial charge is 0.478 e. The van der Waals surface area contributed by atoms with E-state index >= 15 is 0 Å². The lowest BCUT2D eigenvalue weighted by Gasteiger charge is -2.09. The lowest BCUT2D eigenvalue weighted by atomic mass is 10.1. The highest BCUT2D eigenvalue weighted by Crippen LogP contribution is 2.24. The fourth-order valence-electron chi connectivity index (χ4n) is 2.30. The van der Waals surface area contributed by atoms with E-state index in [1.165, 1.54) is 0 Å². The molecule has 1 N–H and O–H groups in total. The van der Waals surface area contributed by atoms with Crippen LogP contribution >= 0.6 is 0 Å². The zero-order valence-corrected chi connectivity index (χ0v) is 11.6. The fraction of sp³-hybridized carbons (Fsp3) is 0.118. The summed E-state index contributed by atoms with van der Waals surface area (Å²) in [4.78, 5) is 20.3. The van der Waals surface area contributed by atoms with Crippen molar-refractivity contribution in [2.75, 3.05) is 0 Å². The zero-order valence-electron chi connectivity index (χ0n) is 11.6. The molecule has 0 bridgehead atoms. The first-order chi connectivity index (χ1) is 10.2. The van der Waals surface area contributed by atoms with E-state index in [1.54, 1.807) is 18.2 Å². The van der Waals surface area contributed by atoms with Gasteiger partial charge < -0.3 is 5.11 Å². The Labute approximate surface area is 122 Å². The smallest absolute Gasteiger partial charge is 0.335 e. The highest BCUT2D eigenvalue weighted by atomic mass is 16.4. The van der Waals surface area contributed by atoms with Gasteiger partial charge in [-0.25, -0.2) is 14.8 Å².